The quantitative estimate of drug-likeness (QED) is 0.488. The van der Waals surface area contributed by atoms with Gasteiger partial charge in [-0.2, -0.15) is 0 Å². The predicted octanol–water partition coefficient (Wildman–Crippen LogP) is -0.629. The zero-order valence-corrected chi connectivity index (χ0v) is 6.60. The van der Waals surface area contributed by atoms with Crippen LogP contribution in [0.2, 0.25) is 0 Å². The van der Waals surface area contributed by atoms with Crippen molar-refractivity contribution in [1.82, 2.24) is 5.32 Å². The van der Waals surface area contributed by atoms with Gasteiger partial charge in [0.1, 0.15) is 0 Å². The van der Waals surface area contributed by atoms with Gasteiger partial charge in [0.2, 0.25) is 0 Å². The van der Waals surface area contributed by atoms with E-state index < -0.39 is 0 Å². The number of aliphatic hydroxyl groups excluding tert-OH is 2. The summed E-state index contributed by atoms with van der Waals surface area (Å²) < 4.78 is 0. The van der Waals surface area contributed by atoms with Gasteiger partial charge in [-0.3, -0.25) is 0 Å². The maximum absolute atomic E-state index is 9.15. The second-order valence-corrected chi connectivity index (χ2v) is 2.50. The SMILES string of the molecule is Cl.OC[C@H]1CCNC[C@H]1O. The molecule has 3 nitrogen and oxygen atoms in total. The highest BCUT2D eigenvalue weighted by molar-refractivity contribution is 5.85. The standard InChI is InChI=1S/C6H13NO2.ClH/c8-4-5-1-2-7-3-6(5)9;/h5-9H,1-4H2;1H/t5-,6-;/m1./s1. The van der Waals surface area contributed by atoms with E-state index in [-0.39, 0.29) is 31.0 Å². The van der Waals surface area contributed by atoms with Crippen molar-refractivity contribution in [3.63, 3.8) is 0 Å². The molecule has 1 rings (SSSR count). The zero-order valence-electron chi connectivity index (χ0n) is 5.79. The van der Waals surface area contributed by atoms with Gasteiger partial charge in [0.05, 0.1) is 6.10 Å². The molecule has 0 saturated carbocycles. The fourth-order valence-electron chi connectivity index (χ4n) is 1.11. The van der Waals surface area contributed by atoms with Crippen LogP contribution >= 0.6 is 12.4 Å². The van der Waals surface area contributed by atoms with E-state index in [1.807, 2.05) is 0 Å². The van der Waals surface area contributed by atoms with E-state index in [0.717, 1.165) is 13.0 Å². The van der Waals surface area contributed by atoms with E-state index in [0.29, 0.717) is 6.54 Å². The number of rotatable bonds is 1. The minimum Gasteiger partial charge on any atom is -0.396 e. The van der Waals surface area contributed by atoms with Gasteiger partial charge in [-0.25, -0.2) is 0 Å². The summed E-state index contributed by atoms with van der Waals surface area (Å²) in [5.74, 6) is 0.103. The summed E-state index contributed by atoms with van der Waals surface area (Å²) in [6, 6.07) is 0. The highest BCUT2D eigenvalue weighted by atomic mass is 35.5. The molecule has 62 valence electrons. The smallest absolute Gasteiger partial charge is 0.0715 e. The predicted molar refractivity (Wildman–Crippen MR) is 41.3 cm³/mol. The molecule has 10 heavy (non-hydrogen) atoms. The van der Waals surface area contributed by atoms with Crippen LogP contribution in [0, 0.1) is 5.92 Å². The van der Waals surface area contributed by atoms with Crippen molar-refractivity contribution in [3.05, 3.63) is 0 Å². The summed E-state index contributed by atoms with van der Waals surface area (Å²) >= 11 is 0. The molecule has 1 fully saturated rings. The second-order valence-electron chi connectivity index (χ2n) is 2.50. The van der Waals surface area contributed by atoms with Crippen molar-refractivity contribution in [3.8, 4) is 0 Å². The lowest BCUT2D eigenvalue weighted by molar-refractivity contribution is 0.0460. The first-order valence-corrected chi connectivity index (χ1v) is 3.34. The molecule has 0 aromatic carbocycles. The number of nitrogens with one attached hydrogen (secondary N) is 1. The number of halogens is 1. The highest BCUT2D eigenvalue weighted by Crippen LogP contribution is 2.10. The monoisotopic (exact) mass is 167 g/mol. The molecule has 1 aliphatic heterocycles. The Labute approximate surface area is 66.8 Å². The first kappa shape index (κ1) is 10.2. The van der Waals surface area contributed by atoms with E-state index >= 15 is 0 Å². The summed E-state index contributed by atoms with van der Waals surface area (Å²) in [6.07, 6.45) is 0.543. The average Bonchev–Trinajstić information content (AvgIpc) is 1.89. The molecule has 2 atom stereocenters. The fourth-order valence-corrected chi connectivity index (χ4v) is 1.11. The molecule has 3 N–H and O–H groups in total. The van der Waals surface area contributed by atoms with E-state index in [9.17, 15) is 0 Å². The van der Waals surface area contributed by atoms with E-state index in [2.05, 4.69) is 5.32 Å². The molecule has 0 bridgehead atoms. The molecule has 0 unspecified atom stereocenters. The summed E-state index contributed by atoms with van der Waals surface area (Å²) in [5, 5.41) is 20.9. The number of aliphatic hydroxyl groups is 2. The van der Waals surface area contributed by atoms with Crippen molar-refractivity contribution in [2.24, 2.45) is 5.92 Å². The maximum atomic E-state index is 9.15. The number of hydrogen-bond donors (Lipinski definition) is 3. The minimum atomic E-state index is -0.344. The van der Waals surface area contributed by atoms with Crippen LogP contribution in [0.25, 0.3) is 0 Å². The van der Waals surface area contributed by atoms with Crippen LogP contribution in [0.15, 0.2) is 0 Å². The summed E-state index contributed by atoms with van der Waals surface area (Å²) in [4.78, 5) is 0. The molecule has 0 radical (unpaired) electrons. The molecule has 0 aromatic heterocycles. The molecule has 1 saturated heterocycles. The summed E-state index contributed by atoms with van der Waals surface area (Å²) in [7, 11) is 0. The van der Waals surface area contributed by atoms with Crippen LogP contribution in [0.3, 0.4) is 0 Å². The third-order valence-electron chi connectivity index (χ3n) is 1.82. The number of β-amino-alcohol motifs (C(OH)–C–C–N with tert-alkyl or cyclic N) is 1. The van der Waals surface area contributed by atoms with Gasteiger partial charge in [-0.1, -0.05) is 0 Å². The highest BCUT2D eigenvalue weighted by Gasteiger charge is 2.20. The molecule has 0 amide bonds. The van der Waals surface area contributed by atoms with Crippen LogP contribution in [-0.4, -0.2) is 36.0 Å². The Kier molecular flexibility index (Phi) is 4.99. The van der Waals surface area contributed by atoms with Crippen LogP contribution in [0.5, 0.6) is 0 Å². The fraction of sp³-hybridized carbons (Fsp3) is 1.00. The van der Waals surface area contributed by atoms with Crippen molar-refractivity contribution in [1.29, 1.82) is 0 Å². The largest absolute Gasteiger partial charge is 0.396 e. The van der Waals surface area contributed by atoms with Gasteiger partial charge in [-0.05, 0) is 13.0 Å². The third kappa shape index (κ3) is 2.42. The normalized spacial score (nSPS) is 33.0. The maximum Gasteiger partial charge on any atom is 0.0715 e. The van der Waals surface area contributed by atoms with Crippen LogP contribution in [0.1, 0.15) is 6.42 Å². The average molecular weight is 168 g/mol. The number of piperidine rings is 1. The van der Waals surface area contributed by atoms with Gasteiger partial charge < -0.3 is 15.5 Å². The molecular weight excluding hydrogens is 154 g/mol. The Bertz CT molecular complexity index is 91.8. The molecule has 1 heterocycles. The molecule has 0 aliphatic carbocycles. The second kappa shape index (κ2) is 4.91. The Balaban J connectivity index is 0.000000810. The third-order valence-corrected chi connectivity index (χ3v) is 1.82. The van der Waals surface area contributed by atoms with Gasteiger partial charge in [0, 0.05) is 19.1 Å². The summed E-state index contributed by atoms with van der Waals surface area (Å²) in [5.41, 5.74) is 0. The van der Waals surface area contributed by atoms with Gasteiger partial charge in [0.25, 0.3) is 0 Å². The van der Waals surface area contributed by atoms with Crippen molar-refractivity contribution < 1.29 is 10.2 Å². The van der Waals surface area contributed by atoms with Crippen molar-refractivity contribution in [2.45, 2.75) is 12.5 Å². The van der Waals surface area contributed by atoms with E-state index in [1.165, 1.54) is 0 Å². The lowest BCUT2D eigenvalue weighted by atomic mass is 9.96. The Hall–Kier alpha value is 0.170. The van der Waals surface area contributed by atoms with Crippen LogP contribution in [-0.2, 0) is 0 Å². The topological polar surface area (TPSA) is 52.5 Å². The Morgan fingerprint density at radius 1 is 1.50 bits per heavy atom. The first-order valence-electron chi connectivity index (χ1n) is 3.34. The van der Waals surface area contributed by atoms with Crippen LogP contribution < -0.4 is 5.32 Å². The van der Waals surface area contributed by atoms with E-state index in [4.69, 9.17) is 10.2 Å². The molecule has 4 heteroatoms. The zero-order chi connectivity index (χ0) is 6.69. The van der Waals surface area contributed by atoms with Gasteiger partial charge in [-0.15, -0.1) is 12.4 Å². The molecule has 0 aromatic rings. The van der Waals surface area contributed by atoms with Gasteiger partial charge in [0.15, 0.2) is 0 Å². The number of hydrogen-bond acceptors (Lipinski definition) is 3. The van der Waals surface area contributed by atoms with Crippen molar-refractivity contribution >= 4 is 12.4 Å². The minimum absolute atomic E-state index is 0. The first-order chi connectivity index (χ1) is 4.34. The molecular formula is C6H14ClNO2. The lowest BCUT2D eigenvalue weighted by Crippen LogP contribution is -2.41. The van der Waals surface area contributed by atoms with Gasteiger partial charge >= 0.3 is 0 Å². The molecule has 0 spiro atoms. The summed E-state index contributed by atoms with van der Waals surface area (Å²) in [6.45, 7) is 1.66. The molecule has 1 aliphatic rings. The van der Waals surface area contributed by atoms with Crippen molar-refractivity contribution in [2.75, 3.05) is 19.7 Å². The Morgan fingerprint density at radius 2 is 2.20 bits per heavy atom. The Morgan fingerprint density at radius 3 is 2.60 bits per heavy atom. The lowest BCUT2D eigenvalue weighted by Gasteiger charge is -2.26. The van der Waals surface area contributed by atoms with Crippen LogP contribution in [0.4, 0.5) is 0 Å². The van der Waals surface area contributed by atoms with E-state index in [1.54, 1.807) is 0 Å².